The topological polar surface area (TPSA) is 88.3 Å². The average Bonchev–Trinajstić information content (AvgIpc) is 3.25. The number of halogens is 1. The Hall–Kier alpha value is -3.39. The molecule has 3 aromatic rings. The highest BCUT2D eigenvalue weighted by atomic mass is 19.1. The number of Topliss-reactive ketones (excluding diaryl/α,β-unsaturated/α-hetero) is 1. The molecular formula is C23H23FN4O3. The normalized spacial score (nSPS) is 15.0. The Balaban J connectivity index is 1.29. The second-order valence-electron chi connectivity index (χ2n) is 7.70. The molecule has 0 aliphatic carbocycles. The van der Waals surface area contributed by atoms with Gasteiger partial charge in [0.25, 0.3) is 0 Å². The molecule has 2 heterocycles. The number of ketones is 1. The molecule has 1 saturated heterocycles. The van der Waals surface area contributed by atoms with Crippen LogP contribution in [-0.4, -0.2) is 46.4 Å². The van der Waals surface area contributed by atoms with Gasteiger partial charge in [-0.15, -0.1) is 0 Å². The third kappa shape index (κ3) is 5.21. The Bertz CT molecular complexity index is 1070. The van der Waals surface area contributed by atoms with Crippen molar-refractivity contribution in [3.63, 3.8) is 0 Å². The van der Waals surface area contributed by atoms with Gasteiger partial charge in [0.2, 0.25) is 17.6 Å². The number of hydrogen-bond acceptors (Lipinski definition) is 6. The lowest BCUT2D eigenvalue weighted by Gasteiger charge is -2.29. The van der Waals surface area contributed by atoms with Gasteiger partial charge >= 0.3 is 0 Å². The Morgan fingerprint density at radius 2 is 1.90 bits per heavy atom. The molecule has 1 aliphatic heterocycles. The highest BCUT2D eigenvalue weighted by molar-refractivity contribution is 5.97. The van der Waals surface area contributed by atoms with Gasteiger partial charge in [0.05, 0.1) is 6.54 Å². The maximum Gasteiger partial charge on any atom is 0.238 e. The Labute approximate surface area is 179 Å². The summed E-state index contributed by atoms with van der Waals surface area (Å²) in [5.74, 6) is 0.690. The van der Waals surface area contributed by atoms with Crippen molar-refractivity contribution in [3.8, 4) is 11.4 Å². The average molecular weight is 422 g/mol. The fourth-order valence-electron chi connectivity index (χ4n) is 3.67. The first-order valence-corrected chi connectivity index (χ1v) is 10.2. The fraction of sp³-hybridized carbons (Fsp3) is 0.304. The summed E-state index contributed by atoms with van der Waals surface area (Å²) in [6.45, 7) is 3.25. The lowest BCUT2D eigenvalue weighted by atomic mass is 9.97. The van der Waals surface area contributed by atoms with Crippen LogP contribution in [0.5, 0.6) is 0 Å². The lowest BCUT2D eigenvalue weighted by Crippen LogP contribution is -2.38. The van der Waals surface area contributed by atoms with Gasteiger partial charge < -0.3 is 9.84 Å². The van der Waals surface area contributed by atoms with Crippen molar-refractivity contribution >= 4 is 17.4 Å². The molecule has 1 fully saturated rings. The highest BCUT2D eigenvalue weighted by Crippen LogP contribution is 2.28. The lowest BCUT2D eigenvalue weighted by molar-refractivity contribution is -0.117. The van der Waals surface area contributed by atoms with E-state index in [-0.39, 0.29) is 30.0 Å². The predicted molar refractivity (Wildman–Crippen MR) is 113 cm³/mol. The van der Waals surface area contributed by atoms with E-state index in [9.17, 15) is 14.0 Å². The molecule has 4 rings (SSSR count). The van der Waals surface area contributed by atoms with Gasteiger partial charge in [-0.3, -0.25) is 14.5 Å². The minimum atomic E-state index is -0.310. The number of anilines is 1. The van der Waals surface area contributed by atoms with E-state index in [2.05, 4.69) is 20.4 Å². The molecule has 160 valence electrons. The van der Waals surface area contributed by atoms with Crippen molar-refractivity contribution < 1.29 is 18.5 Å². The van der Waals surface area contributed by atoms with Crippen LogP contribution in [0.15, 0.2) is 53.1 Å². The third-order valence-corrected chi connectivity index (χ3v) is 5.40. The molecule has 7 nitrogen and oxygen atoms in total. The van der Waals surface area contributed by atoms with Gasteiger partial charge in [0, 0.05) is 22.7 Å². The Morgan fingerprint density at radius 1 is 1.16 bits per heavy atom. The zero-order chi connectivity index (χ0) is 21.8. The summed E-state index contributed by atoms with van der Waals surface area (Å²) in [7, 11) is 0. The summed E-state index contributed by atoms with van der Waals surface area (Å²) >= 11 is 0. The van der Waals surface area contributed by atoms with Gasteiger partial charge in [0.15, 0.2) is 5.78 Å². The molecule has 8 heteroatoms. The SMILES string of the molecule is CC(=O)c1cccc(NC(=O)CN2CCC(c3nc(-c4ccc(F)cc4)no3)CC2)c1. The summed E-state index contributed by atoms with van der Waals surface area (Å²) < 4.78 is 18.5. The maximum absolute atomic E-state index is 13.1. The molecule has 1 amide bonds. The first-order valence-electron chi connectivity index (χ1n) is 10.2. The summed E-state index contributed by atoms with van der Waals surface area (Å²) in [5, 5.41) is 6.87. The molecule has 0 saturated carbocycles. The number of likely N-dealkylation sites (tertiary alicyclic amines) is 1. The van der Waals surface area contributed by atoms with Crippen LogP contribution in [0, 0.1) is 5.82 Å². The van der Waals surface area contributed by atoms with E-state index in [1.165, 1.54) is 19.1 Å². The highest BCUT2D eigenvalue weighted by Gasteiger charge is 2.26. The van der Waals surface area contributed by atoms with Gasteiger partial charge in [-0.25, -0.2) is 4.39 Å². The van der Waals surface area contributed by atoms with E-state index < -0.39 is 0 Å². The summed E-state index contributed by atoms with van der Waals surface area (Å²) in [4.78, 5) is 30.4. The van der Waals surface area contributed by atoms with Gasteiger partial charge in [0.1, 0.15) is 5.82 Å². The predicted octanol–water partition coefficient (Wildman–Crippen LogP) is 3.90. The number of piperidine rings is 1. The molecule has 0 spiro atoms. The molecule has 0 unspecified atom stereocenters. The molecule has 2 aromatic carbocycles. The first-order chi connectivity index (χ1) is 15.0. The van der Waals surface area contributed by atoms with Crippen LogP contribution in [-0.2, 0) is 4.79 Å². The zero-order valence-electron chi connectivity index (χ0n) is 17.2. The first kappa shape index (κ1) is 20.9. The standard InChI is InChI=1S/C23H23FN4O3/c1-15(29)18-3-2-4-20(13-18)25-21(30)14-28-11-9-17(10-12-28)23-26-22(27-31-23)16-5-7-19(24)8-6-16/h2-8,13,17H,9-12,14H2,1H3,(H,25,30). The molecule has 0 atom stereocenters. The smallest absolute Gasteiger partial charge is 0.238 e. The zero-order valence-corrected chi connectivity index (χ0v) is 17.2. The van der Waals surface area contributed by atoms with Crippen molar-refractivity contribution in [3.05, 3.63) is 65.8 Å². The van der Waals surface area contributed by atoms with E-state index in [1.54, 1.807) is 36.4 Å². The molecule has 0 radical (unpaired) electrons. The van der Waals surface area contributed by atoms with Crippen LogP contribution in [0.2, 0.25) is 0 Å². The number of aromatic nitrogens is 2. The van der Waals surface area contributed by atoms with E-state index in [0.29, 0.717) is 28.5 Å². The molecule has 1 aliphatic rings. The Morgan fingerprint density at radius 3 is 2.61 bits per heavy atom. The number of nitrogens with zero attached hydrogens (tertiary/aromatic N) is 3. The number of benzene rings is 2. The second-order valence-corrected chi connectivity index (χ2v) is 7.70. The molecule has 1 N–H and O–H groups in total. The number of carbonyl (C=O) groups excluding carboxylic acids is 2. The van der Waals surface area contributed by atoms with Crippen molar-refractivity contribution in [2.24, 2.45) is 0 Å². The minimum absolute atomic E-state index is 0.0400. The van der Waals surface area contributed by atoms with Crippen LogP contribution >= 0.6 is 0 Å². The summed E-state index contributed by atoms with van der Waals surface area (Å²) in [6, 6.07) is 12.9. The monoisotopic (exact) mass is 422 g/mol. The number of rotatable bonds is 6. The molecule has 0 bridgehead atoms. The van der Waals surface area contributed by atoms with E-state index in [1.807, 2.05) is 0 Å². The molecule has 1 aromatic heterocycles. The van der Waals surface area contributed by atoms with Crippen molar-refractivity contribution in [1.82, 2.24) is 15.0 Å². The fourth-order valence-corrected chi connectivity index (χ4v) is 3.67. The minimum Gasteiger partial charge on any atom is -0.339 e. The van der Waals surface area contributed by atoms with Crippen molar-refractivity contribution in [2.45, 2.75) is 25.7 Å². The van der Waals surface area contributed by atoms with Crippen LogP contribution in [0.25, 0.3) is 11.4 Å². The summed E-state index contributed by atoms with van der Waals surface area (Å²) in [6.07, 6.45) is 1.61. The number of hydrogen-bond donors (Lipinski definition) is 1. The van der Waals surface area contributed by atoms with Crippen molar-refractivity contribution in [1.29, 1.82) is 0 Å². The number of nitrogens with one attached hydrogen (secondary N) is 1. The van der Waals surface area contributed by atoms with Gasteiger partial charge in [-0.1, -0.05) is 17.3 Å². The second kappa shape index (κ2) is 9.18. The molecule has 31 heavy (non-hydrogen) atoms. The van der Waals surface area contributed by atoms with E-state index in [0.717, 1.165) is 25.9 Å². The van der Waals surface area contributed by atoms with Gasteiger partial charge in [-0.05, 0) is 69.3 Å². The van der Waals surface area contributed by atoms with Crippen LogP contribution in [0.1, 0.15) is 41.9 Å². The maximum atomic E-state index is 13.1. The quantitative estimate of drug-likeness (QED) is 0.606. The third-order valence-electron chi connectivity index (χ3n) is 5.40. The van der Waals surface area contributed by atoms with E-state index >= 15 is 0 Å². The van der Waals surface area contributed by atoms with E-state index in [4.69, 9.17) is 4.52 Å². The largest absolute Gasteiger partial charge is 0.339 e. The van der Waals surface area contributed by atoms with Crippen LogP contribution in [0.3, 0.4) is 0 Å². The number of carbonyl (C=O) groups is 2. The molecular weight excluding hydrogens is 399 g/mol. The summed E-state index contributed by atoms with van der Waals surface area (Å²) in [5.41, 5.74) is 1.89. The van der Waals surface area contributed by atoms with Crippen molar-refractivity contribution in [2.75, 3.05) is 25.0 Å². The van der Waals surface area contributed by atoms with Gasteiger partial charge in [-0.2, -0.15) is 4.98 Å². The Kier molecular flexibility index (Phi) is 6.18. The number of amides is 1. The van der Waals surface area contributed by atoms with Crippen LogP contribution in [0.4, 0.5) is 10.1 Å². The van der Waals surface area contributed by atoms with Crippen LogP contribution < -0.4 is 5.32 Å².